The van der Waals surface area contributed by atoms with Gasteiger partial charge in [0.25, 0.3) is 0 Å². The Morgan fingerprint density at radius 2 is 1.74 bits per heavy atom. The topological polar surface area (TPSA) is 88.1 Å². The van der Waals surface area contributed by atoms with Gasteiger partial charge in [0.2, 0.25) is 10.0 Å². The number of nitrogens with one attached hydrogen (secondary N) is 1. The third-order valence-electron chi connectivity index (χ3n) is 4.49. The van der Waals surface area contributed by atoms with Crippen molar-refractivity contribution < 1.29 is 23.0 Å². The Labute approximate surface area is 159 Å². The highest BCUT2D eigenvalue weighted by atomic mass is 32.2. The summed E-state index contributed by atoms with van der Waals surface area (Å²) in [5, 5.41) is 10.3. The second kappa shape index (κ2) is 8.71. The van der Waals surface area contributed by atoms with Gasteiger partial charge in [-0.15, -0.1) is 0 Å². The molecule has 1 saturated heterocycles. The molecule has 1 atom stereocenters. The summed E-state index contributed by atoms with van der Waals surface area (Å²) in [7, 11) is -2.18. The average Bonchev–Trinajstić information content (AvgIpc) is 2.73. The van der Waals surface area contributed by atoms with Crippen molar-refractivity contribution in [1.82, 2.24) is 4.72 Å². The number of morpholine rings is 1. The molecular formula is C19H24N2O5S. The van der Waals surface area contributed by atoms with Crippen LogP contribution in [0.15, 0.2) is 53.4 Å². The minimum Gasteiger partial charge on any atom is -0.497 e. The summed E-state index contributed by atoms with van der Waals surface area (Å²) in [4.78, 5) is 2.34. The average molecular weight is 392 g/mol. The van der Waals surface area contributed by atoms with E-state index >= 15 is 0 Å². The second-order valence-electron chi connectivity index (χ2n) is 6.23. The fourth-order valence-corrected chi connectivity index (χ4v) is 3.91. The van der Waals surface area contributed by atoms with Crippen molar-refractivity contribution >= 4 is 15.7 Å². The van der Waals surface area contributed by atoms with E-state index in [4.69, 9.17) is 9.47 Å². The predicted octanol–water partition coefficient (Wildman–Crippen LogP) is 1.54. The van der Waals surface area contributed by atoms with Crippen LogP contribution in [0, 0.1) is 0 Å². The zero-order valence-electron chi connectivity index (χ0n) is 15.2. The molecule has 1 aliphatic rings. The van der Waals surface area contributed by atoms with Crippen LogP contribution in [-0.2, 0) is 14.8 Å². The number of methoxy groups -OCH3 is 1. The number of aliphatic hydroxyl groups is 1. The van der Waals surface area contributed by atoms with E-state index in [1.807, 2.05) is 24.3 Å². The Bertz CT molecular complexity index is 831. The Morgan fingerprint density at radius 1 is 1.11 bits per heavy atom. The normalized spacial score (nSPS) is 16.1. The first kappa shape index (κ1) is 19.6. The number of sulfonamides is 1. The first-order chi connectivity index (χ1) is 13.0. The van der Waals surface area contributed by atoms with Crippen molar-refractivity contribution in [3.05, 3.63) is 54.1 Å². The molecule has 0 aromatic heterocycles. The van der Waals surface area contributed by atoms with Gasteiger partial charge in [-0.3, -0.25) is 0 Å². The van der Waals surface area contributed by atoms with Crippen LogP contribution in [0.5, 0.6) is 5.75 Å². The van der Waals surface area contributed by atoms with Gasteiger partial charge < -0.3 is 19.5 Å². The Hall–Kier alpha value is -2.13. The van der Waals surface area contributed by atoms with Crippen molar-refractivity contribution in [1.29, 1.82) is 0 Å². The van der Waals surface area contributed by atoms with Gasteiger partial charge in [-0.2, -0.15) is 0 Å². The van der Waals surface area contributed by atoms with Gasteiger partial charge in [-0.1, -0.05) is 12.1 Å². The molecule has 0 bridgehead atoms. The maximum atomic E-state index is 12.3. The molecule has 2 N–H and O–H groups in total. The van der Waals surface area contributed by atoms with Gasteiger partial charge in [0.05, 0.1) is 31.3 Å². The van der Waals surface area contributed by atoms with E-state index in [2.05, 4.69) is 9.62 Å². The number of ether oxygens (including phenoxy) is 2. The molecule has 1 unspecified atom stereocenters. The summed E-state index contributed by atoms with van der Waals surface area (Å²) in [5.41, 5.74) is 1.72. The third-order valence-corrected chi connectivity index (χ3v) is 5.93. The number of hydrogen-bond acceptors (Lipinski definition) is 6. The summed E-state index contributed by atoms with van der Waals surface area (Å²) < 4.78 is 37.5. The Kier molecular flexibility index (Phi) is 6.33. The SMILES string of the molecule is COc1ccc(S(=O)(=O)NCC(O)c2ccc(N3CCOCC3)cc2)cc1. The van der Waals surface area contributed by atoms with Crippen LogP contribution in [0.4, 0.5) is 5.69 Å². The van der Waals surface area contributed by atoms with Crippen LogP contribution >= 0.6 is 0 Å². The zero-order valence-corrected chi connectivity index (χ0v) is 16.0. The quantitative estimate of drug-likeness (QED) is 0.743. The maximum absolute atomic E-state index is 12.3. The van der Waals surface area contributed by atoms with E-state index in [0.717, 1.165) is 18.8 Å². The molecule has 1 heterocycles. The maximum Gasteiger partial charge on any atom is 0.240 e. The first-order valence-corrected chi connectivity index (χ1v) is 10.2. The van der Waals surface area contributed by atoms with Crippen LogP contribution in [0.2, 0.25) is 0 Å². The van der Waals surface area contributed by atoms with E-state index in [0.29, 0.717) is 24.5 Å². The lowest BCUT2D eigenvalue weighted by molar-refractivity contribution is 0.122. The van der Waals surface area contributed by atoms with Gasteiger partial charge in [-0.25, -0.2) is 13.1 Å². The molecular weight excluding hydrogens is 368 g/mol. The summed E-state index contributed by atoms with van der Waals surface area (Å²) in [5.74, 6) is 0.578. The minimum absolute atomic E-state index is 0.106. The van der Waals surface area contributed by atoms with Crippen LogP contribution in [0.1, 0.15) is 11.7 Å². The first-order valence-electron chi connectivity index (χ1n) is 8.74. The summed E-state index contributed by atoms with van der Waals surface area (Å²) >= 11 is 0. The lowest BCUT2D eigenvalue weighted by Crippen LogP contribution is -2.36. The van der Waals surface area contributed by atoms with Crippen molar-refractivity contribution in [2.75, 3.05) is 44.9 Å². The highest BCUT2D eigenvalue weighted by molar-refractivity contribution is 7.89. The third kappa shape index (κ3) is 4.98. The second-order valence-corrected chi connectivity index (χ2v) is 8.00. The molecule has 146 valence electrons. The van der Waals surface area contributed by atoms with Gasteiger partial charge in [0, 0.05) is 25.3 Å². The monoisotopic (exact) mass is 392 g/mol. The van der Waals surface area contributed by atoms with Crippen molar-refractivity contribution in [2.45, 2.75) is 11.0 Å². The van der Waals surface area contributed by atoms with Crippen molar-refractivity contribution in [2.24, 2.45) is 0 Å². The Balaban J connectivity index is 1.60. The van der Waals surface area contributed by atoms with Crippen LogP contribution in [0.3, 0.4) is 0 Å². The molecule has 1 fully saturated rings. The van der Waals surface area contributed by atoms with Crippen molar-refractivity contribution in [3.63, 3.8) is 0 Å². The molecule has 27 heavy (non-hydrogen) atoms. The molecule has 3 rings (SSSR count). The van der Waals surface area contributed by atoms with E-state index in [9.17, 15) is 13.5 Å². The highest BCUT2D eigenvalue weighted by Gasteiger charge is 2.17. The van der Waals surface area contributed by atoms with E-state index in [1.165, 1.54) is 19.2 Å². The summed E-state index contributed by atoms with van der Waals surface area (Å²) in [6.07, 6.45) is -0.934. The molecule has 0 spiro atoms. The largest absolute Gasteiger partial charge is 0.497 e. The lowest BCUT2D eigenvalue weighted by atomic mass is 10.1. The molecule has 0 aliphatic carbocycles. The van der Waals surface area contributed by atoms with Gasteiger partial charge in [-0.05, 0) is 42.0 Å². The standard InChI is InChI=1S/C19H24N2O5S/c1-25-17-6-8-18(9-7-17)27(23,24)20-14-19(22)15-2-4-16(5-3-15)21-10-12-26-13-11-21/h2-9,19-20,22H,10-14H2,1H3. The minimum atomic E-state index is -3.70. The highest BCUT2D eigenvalue weighted by Crippen LogP contribution is 2.21. The number of hydrogen-bond donors (Lipinski definition) is 2. The smallest absolute Gasteiger partial charge is 0.240 e. The predicted molar refractivity (Wildman–Crippen MR) is 103 cm³/mol. The fourth-order valence-electron chi connectivity index (χ4n) is 2.87. The molecule has 2 aromatic carbocycles. The van der Waals surface area contributed by atoms with Crippen LogP contribution in [-0.4, -0.2) is 53.5 Å². The molecule has 0 saturated carbocycles. The summed E-state index contributed by atoms with van der Waals surface area (Å²) in [6, 6.07) is 13.6. The summed E-state index contributed by atoms with van der Waals surface area (Å²) in [6.45, 7) is 2.98. The molecule has 8 heteroatoms. The van der Waals surface area contributed by atoms with Crippen LogP contribution in [0.25, 0.3) is 0 Å². The zero-order chi connectivity index (χ0) is 19.3. The molecule has 2 aromatic rings. The van der Waals surface area contributed by atoms with Crippen molar-refractivity contribution in [3.8, 4) is 5.75 Å². The molecule has 0 radical (unpaired) electrons. The number of rotatable bonds is 7. The fraction of sp³-hybridized carbons (Fsp3) is 0.368. The Morgan fingerprint density at radius 3 is 2.33 bits per heavy atom. The van der Waals surface area contributed by atoms with Gasteiger partial charge >= 0.3 is 0 Å². The van der Waals surface area contributed by atoms with Crippen LogP contribution < -0.4 is 14.4 Å². The number of aliphatic hydroxyl groups excluding tert-OH is 1. The number of nitrogens with zero attached hydrogens (tertiary/aromatic N) is 1. The van der Waals surface area contributed by atoms with E-state index in [-0.39, 0.29) is 11.4 Å². The molecule has 7 nitrogen and oxygen atoms in total. The van der Waals surface area contributed by atoms with Gasteiger partial charge in [0.1, 0.15) is 5.75 Å². The van der Waals surface area contributed by atoms with E-state index in [1.54, 1.807) is 12.1 Å². The van der Waals surface area contributed by atoms with E-state index < -0.39 is 16.1 Å². The number of benzene rings is 2. The van der Waals surface area contributed by atoms with Gasteiger partial charge in [0.15, 0.2) is 0 Å². The molecule has 0 amide bonds. The molecule has 1 aliphatic heterocycles. The number of anilines is 1. The lowest BCUT2D eigenvalue weighted by Gasteiger charge is -2.29.